The van der Waals surface area contributed by atoms with Gasteiger partial charge in [-0.25, -0.2) is 4.98 Å². The van der Waals surface area contributed by atoms with Crippen molar-refractivity contribution in [1.82, 2.24) is 10.3 Å². The Kier molecular flexibility index (Phi) is 2.11. The normalized spacial score (nSPS) is 29.5. The molecule has 4 heteroatoms. The Morgan fingerprint density at radius 3 is 3.20 bits per heavy atom. The third kappa shape index (κ3) is 1.34. The van der Waals surface area contributed by atoms with E-state index in [2.05, 4.69) is 16.4 Å². The third-order valence-electron chi connectivity index (χ3n) is 3.55. The van der Waals surface area contributed by atoms with Gasteiger partial charge in [0.2, 0.25) is 0 Å². The number of aromatic nitrogens is 1. The minimum absolute atomic E-state index is 0.100. The Morgan fingerprint density at radius 1 is 1.47 bits per heavy atom. The zero-order valence-electron chi connectivity index (χ0n) is 8.54. The van der Waals surface area contributed by atoms with Gasteiger partial charge in [0.15, 0.2) is 0 Å². The maximum Gasteiger partial charge on any atom is 0.146 e. The first-order valence-corrected chi connectivity index (χ1v) is 5.76. The molecule has 0 aliphatic carbocycles. The molecule has 80 valence electrons. The number of halogens is 1. The minimum Gasteiger partial charge on any atom is -0.314 e. The van der Waals surface area contributed by atoms with Crippen molar-refractivity contribution in [3.63, 3.8) is 0 Å². The highest BCUT2D eigenvalue weighted by Gasteiger charge is 2.43. The van der Waals surface area contributed by atoms with E-state index in [9.17, 15) is 0 Å². The molecule has 1 aromatic rings. The van der Waals surface area contributed by atoms with Crippen LogP contribution in [-0.2, 0) is 6.42 Å². The molecular formula is C11H14ClN3. The number of hydrogen-bond donors (Lipinski definition) is 1. The number of nitrogens with zero attached hydrogens (tertiary/aromatic N) is 2. The Morgan fingerprint density at radius 2 is 2.40 bits per heavy atom. The van der Waals surface area contributed by atoms with Crippen molar-refractivity contribution in [1.29, 1.82) is 0 Å². The lowest BCUT2D eigenvalue weighted by atomic mass is 9.87. The summed E-state index contributed by atoms with van der Waals surface area (Å²) in [5, 5.41) is 3.39. The summed E-state index contributed by atoms with van der Waals surface area (Å²) in [4.78, 5) is 4.39. The Labute approximate surface area is 94.6 Å². The van der Waals surface area contributed by atoms with Crippen LogP contribution in [-0.4, -0.2) is 23.6 Å². The van der Waals surface area contributed by atoms with Crippen LogP contribution in [0.1, 0.15) is 18.4 Å². The highest BCUT2D eigenvalue weighted by atomic mass is 35.5. The first-order chi connectivity index (χ1) is 7.32. The van der Waals surface area contributed by atoms with Crippen molar-refractivity contribution in [2.24, 2.45) is 0 Å². The zero-order valence-corrected chi connectivity index (χ0v) is 9.30. The lowest BCUT2D eigenvalue weighted by Gasteiger charge is -2.40. The molecule has 0 bridgehead atoms. The fraction of sp³-hybridized carbons (Fsp3) is 0.545. The van der Waals surface area contributed by atoms with Crippen molar-refractivity contribution >= 4 is 17.6 Å². The summed E-state index contributed by atoms with van der Waals surface area (Å²) >= 11 is 6.44. The van der Waals surface area contributed by atoms with Gasteiger partial charge in [-0.15, -0.1) is 0 Å². The molecule has 0 radical (unpaired) electrons. The molecule has 3 nitrogen and oxygen atoms in total. The summed E-state index contributed by atoms with van der Waals surface area (Å²) in [6.45, 7) is 2.04. The van der Waals surface area contributed by atoms with E-state index < -0.39 is 0 Å². The van der Waals surface area contributed by atoms with Gasteiger partial charge in [0.05, 0.1) is 5.54 Å². The quantitative estimate of drug-likeness (QED) is 0.679. The summed E-state index contributed by atoms with van der Waals surface area (Å²) in [6.07, 6.45) is 5.15. The molecule has 0 aromatic carbocycles. The molecular weight excluding hydrogens is 210 g/mol. The van der Waals surface area contributed by atoms with Crippen LogP contribution in [0.3, 0.4) is 0 Å². The maximum absolute atomic E-state index is 6.44. The zero-order chi connectivity index (χ0) is 10.3. The van der Waals surface area contributed by atoms with Gasteiger partial charge in [0.25, 0.3) is 0 Å². The van der Waals surface area contributed by atoms with E-state index in [1.165, 1.54) is 5.56 Å². The molecule has 1 N–H and O–H groups in total. The van der Waals surface area contributed by atoms with E-state index in [1.54, 1.807) is 0 Å². The van der Waals surface area contributed by atoms with Crippen LogP contribution in [0.4, 0.5) is 5.82 Å². The highest BCUT2D eigenvalue weighted by molar-refractivity contribution is 6.26. The van der Waals surface area contributed by atoms with Gasteiger partial charge in [0, 0.05) is 24.5 Å². The second kappa shape index (κ2) is 3.35. The number of fused-ring (bicyclic) bond motifs is 1. The molecule has 1 fully saturated rings. The summed E-state index contributed by atoms with van der Waals surface area (Å²) < 4.78 is 1.87. The topological polar surface area (TPSA) is 28.2 Å². The Balaban J connectivity index is 2.01. The van der Waals surface area contributed by atoms with E-state index in [4.69, 9.17) is 11.8 Å². The van der Waals surface area contributed by atoms with E-state index in [0.717, 1.165) is 38.2 Å². The van der Waals surface area contributed by atoms with Crippen LogP contribution < -0.4 is 9.74 Å². The molecule has 3 heterocycles. The van der Waals surface area contributed by atoms with E-state index in [0.29, 0.717) is 0 Å². The summed E-state index contributed by atoms with van der Waals surface area (Å²) in [5.74, 6) is 0.953. The van der Waals surface area contributed by atoms with Gasteiger partial charge >= 0.3 is 0 Å². The summed E-state index contributed by atoms with van der Waals surface area (Å²) in [7, 11) is 0. The average Bonchev–Trinajstić information content (AvgIpc) is 2.74. The van der Waals surface area contributed by atoms with E-state index in [-0.39, 0.29) is 5.54 Å². The highest BCUT2D eigenvalue weighted by Crippen LogP contribution is 2.40. The van der Waals surface area contributed by atoms with Crippen molar-refractivity contribution in [3.05, 3.63) is 23.9 Å². The Bertz CT molecular complexity index is 374. The molecule has 0 saturated carbocycles. The summed E-state index contributed by atoms with van der Waals surface area (Å²) in [5.41, 5.74) is 1.37. The lowest BCUT2D eigenvalue weighted by molar-refractivity contribution is 0.419. The second-order valence-corrected chi connectivity index (χ2v) is 4.76. The maximum atomic E-state index is 6.44. The largest absolute Gasteiger partial charge is 0.314 e. The van der Waals surface area contributed by atoms with Crippen LogP contribution in [0, 0.1) is 0 Å². The van der Waals surface area contributed by atoms with Gasteiger partial charge in [-0.05, 0) is 37.4 Å². The van der Waals surface area contributed by atoms with Crippen LogP contribution in [0.15, 0.2) is 18.3 Å². The predicted molar refractivity (Wildman–Crippen MR) is 61.1 cm³/mol. The van der Waals surface area contributed by atoms with Crippen LogP contribution >= 0.6 is 11.8 Å². The van der Waals surface area contributed by atoms with Crippen molar-refractivity contribution in [2.45, 2.75) is 24.8 Å². The monoisotopic (exact) mass is 223 g/mol. The van der Waals surface area contributed by atoms with Crippen molar-refractivity contribution in [2.75, 3.05) is 17.5 Å². The Hall–Kier alpha value is -0.800. The van der Waals surface area contributed by atoms with Gasteiger partial charge in [-0.2, -0.15) is 0 Å². The molecule has 2 aliphatic rings. The molecule has 1 saturated heterocycles. The third-order valence-corrected chi connectivity index (χ3v) is 4.07. The number of aryl methyl sites for hydroxylation is 1. The van der Waals surface area contributed by atoms with E-state index in [1.807, 2.05) is 16.7 Å². The van der Waals surface area contributed by atoms with Crippen molar-refractivity contribution in [3.8, 4) is 0 Å². The SMILES string of the molecule is ClN1c2ncccc2CCC12CCNC2. The van der Waals surface area contributed by atoms with Crippen LogP contribution in [0.5, 0.6) is 0 Å². The second-order valence-electron chi connectivity index (χ2n) is 4.42. The molecule has 15 heavy (non-hydrogen) atoms. The molecule has 1 unspecified atom stereocenters. The number of pyridine rings is 1. The molecule has 1 aromatic heterocycles. The van der Waals surface area contributed by atoms with Crippen molar-refractivity contribution < 1.29 is 0 Å². The lowest BCUT2D eigenvalue weighted by Crippen LogP contribution is -2.48. The van der Waals surface area contributed by atoms with Crippen LogP contribution in [0.2, 0.25) is 0 Å². The fourth-order valence-corrected chi connectivity index (χ4v) is 2.98. The molecule has 3 rings (SSSR count). The number of anilines is 1. The summed E-state index contributed by atoms with van der Waals surface area (Å²) in [6, 6.07) is 4.10. The standard InChI is InChI=1S/C11H14ClN3/c12-15-10-9(2-1-6-14-10)3-4-11(15)5-7-13-8-11/h1-2,6,13H,3-5,7-8H2. The van der Waals surface area contributed by atoms with Gasteiger partial charge in [-0.1, -0.05) is 6.07 Å². The number of hydrogen-bond acceptors (Lipinski definition) is 3. The first-order valence-electron chi connectivity index (χ1n) is 5.42. The van der Waals surface area contributed by atoms with Gasteiger partial charge < -0.3 is 5.32 Å². The van der Waals surface area contributed by atoms with Crippen LogP contribution in [0.25, 0.3) is 0 Å². The predicted octanol–water partition coefficient (Wildman–Crippen LogP) is 1.72. The van der Waals surface area contributed by atoms with Gasteiger partial charge in [0.1, 0.15) is 5.82 Å². The fourth-order valence-electron chi connectivity index (χ4n) is 2.60. The average molecular weight is 224 g/mol. The van der Waals surface area contributed by atoms with E-state index >= 15 is 0 Å². The molecule has 0 amide bonds. The molecule has 1 spiro atoms. The first kappa shape index (κ1) is 9.43. The smallest absolute Gasteiger partial charge is 0.146 e. The minimum atomic E-state index is 0.100. The number of rotatable bonds is 0. The molecule has 1 atom stereocenters. The molecule has 2 aliphatic heterocycles. The number of nitrogens with one attached hydrogen (secondary N) is 1. The van der Waals surface area contributed by atoms with Gasteiger partial charge in [-0.3, -0.25) is 4.42 Å².